The van der Waals surface area contributed by atoms with Gasteiger partial charge < -0.3 is 9.51 Å². The number of hydrogen-bond acceptors (Lipinski definition) is 3. The van der Waals surface area contributed by atoms with E-state index in [2.05, 4.69) is 21.1 Å². The van der Waals surface area contributed by atoms with Gasteiger partial charge in [0.1, 0.15) is 0 Å². The molecule has 0 N–H and O–H groups in total. The van der Waals surface area contributed by atoms with Crippen LogP contribution in [0.1, 0.15) is 5.82 Å². The smallest absolute Gasteiger partial charge is 0.0687 e. The maximum atomic E-state index is 4.23. The Labute approximate surface area is 53.0 Å². The van der Waals surface area contributed by atoms with E-state index in [-0.39, 0.29) is 18.6 Å². The molecule has 0 atom stereocenters. The van der Waals surface area contributed by atoms with E-state index in [9.17, 15) is 0 Å². The molecule has 1 rings (SSSR count). The van der Waals surface area contributed by atoms with Crippen LogP contribution in [-0.4, -0.2) is 10.1 Å². The van der Waals surface area contributed by atoms with Gasteiger partial charge in [-0.25, -0.2) is 0 Å². The number of hydrogen-bond donors (Lipinski definition) is 0. The largest absolute Gasteiger partial charge is 0.459 e. The fraction of sp³-hybridized carbons (Fsp3) is 0.333. The van der Waals surface area contributed by atoms with E-state index in [1.165, 1.54) is 0 Å². The Morgan fingerprint density at radius 2 is 2.43 bits per heavy atom. The SMILES string of the molecule is Cc1n[c-]on1.[V]. The van der Waals surface area contributed by atoms with Crippen LogP contribution >= 0.6 is 0 Å². The molecule has 0 aliphatic carbocycles. The summed E-state index contributed by atoms with van der Waals surface area (Å²) >= 11 is 0. The van der Waals surface area contributed by atoms with Gasteiger partial charge in [0.05, 0.1) is 6.39 Å². The number of aromatic nitrogens is 2. The molecule has 0 fully saturated rings. The van der Waals surface area contributed by atoms with Crippen LogP contribution in [0.2, 0.25) is 0 Å². The monoisotopic (exact) mass is 134 g/mol. The molecule has 7 heavy (non-hydrogen) atoms. The average molecular weight is 134 g/mol. The van der Waals surface area contributed by atoms with Gasteiger partial charge in [-0.2, -0.15) is 5.16 Å². The fourth-order valence-electron chi connectivity index (χ4n) is 0.193. The predicted octanol–water partition coefficient (Wildman–Crippen LogP) is 0.176. The van der Waals surface area contributed by atoms with Crippen molar-refractivity contribution < 1.29 is 23.1 Å². The van der Waals surface area contributed by atoms with E-state index in [0.29, 0.717) is 5.82 Å². The van der Waals surface area contributed by atoms with Crippen LogP contribution in [0.15, 0.2) is 4.52 Å². The van der Waals surface area contributed by atoms with Crippen molar-refractivity contribution >= 4 is 0 Å². The summed E-state index contributed by atoms with van der Waals surface area (Å²) in [7, 11) is 0. The number of aryl methyl sites for hydroxylation is 1. The van der Waals surface area contributed by atoms with Crippen molar-refractivity contribution in [3.63, 3.8) is 0 Å². The Bertz CT molecular complexity index is 116. The molecule has 1 radical (unpaired) electrons. The Kier molecular flexibility index (Phi) is 2.71. The molecule has 3 nitrogen and oxygen atoms in total. The molecule has 0 amide bonds. The van der Waals surface area contributed by atoms with E-state index < -0.39 is 0 Å². The van der Waals surface area contributed by atoms with Gasteiger partial charge in [-0.05, 0) is 0 Å². The van der Waals surface area contributed by atoms with Crippen LogP contribution in [0.25, 0.3) is 0 Å². The summed E-state index contributed by atoms with van der Waals surface area (Å²) in [6.07, 6.45) is 2.19. The molecule has 0 spiro atoms. The summed E-state index contributed by atoms with van der Waals surface area (Å²) in [6.45, 7) is 1.74. The van der Waals surface area contributed by atoms with Gasteiger partial charge >= 0.3 is 0 Å². The van der Waals surface area contributed by atoms with Crippen molar-refractivity contribution in [3.8, 4) is 0 Å². The first-order chi connectivity index (χ1) is 2.89. The minimum atomic E-state index is 0. The maximum absolute atomic E-state index is 4.23. The van der Waals surface area contributed by atoms with E-state index >= 15 is 0 Å². The zero-order chi connectivity index (χ0) is 4.41. The topological polar surface area (TPSA) is 38.9 Å². The molecule has 0 saturated carbocycles. The van der Waals surface area contributed by atoms with Crippen LogP contribution in [0.4, 0.5) is 0 Å². The normalized spacial score (nSPS) is 7.57. The summed E-state index contributed by atoms with van der Waals surface area (Å²) < 4.78 is 4.23. The summed E-state index contributed by atoms with van der Waals surface area (Å²) in [5, 5.41) is 3.38. The summed E-state index contributed by atoms with van der Waals surface area (Å²) in [5.41, 5.74) is 0. The number of nitrogens with zero attached hydrogens (tertiary/aromatic N) is 2. The first-order valence-electron chi connectivity index (χ1n) is 1.56. The van der Waals surface area contributed by atoms with Crippen LogP contribution in [0.3, 0.4) is 0 Å². The first-order valence-corrected chi connectivity index (χ1v) is 1.56. The van der Waals surface area contributed by atoms with Crippen LogP contribution in [0, 0.1) is 13.3 Å². The van der Waals surface area contributed by atoms with Crippen molar-refractivity contribution in [2.24, 2.45) is 0 Å². The van der Waals surface area contributed by atoms with E-state index in [1.807, 2.05) is 0 Å². The van der Waals surface area contributed by atoms with Gasteiger partial charge in [-0.1, -0.05) is 6.92 Å². The fourth-order valence-corrected chi connectivity index (χ4v) is 0.193. The van der Waals surface area contributed by atoms with Gasteiger partial charge in [0.15, 0.2) is 0 Å². The molecule has 1 aromatic rings. The Morgan fingerprint density at radius 3 is 2.57 bits per heavy atom. The molecule has 1 aromatic heterocycles. The van der Waals surface area contributed by atoms with Crippen molar-refractivity contribution in [3.05, 3.63) is 12.2 Å². The van der Waals surface area contributed by atoms with Crippen molar-refractivity contribution in [1.82, 2.24) is 10.1 Å². The third kappa shape index (κ3) is 1.76. The molecule has 0 saturated heterocycles. The van der Waals surface area contributed by atoms with Crippen molar-refractivity contribution in [2.45, 2.75) is 6.92 Å². The van der Waals surface area contributed by atoms with E-state index in [4.69, 9.17) is 0 Å². The summed E-state index contributed by atoms with van der Waals surface area (Å²) in [4.78, 5) is 3.51. The van der Waals surface area contributed by atoms with Crippen LogP contribution in [-0.2, 0) is 18.6 Å². The Balaban J connectivity index is 0.000000360. The Hall–Kier alpha value is -0.276. The van der Waals surface area contributed by atoms with Crippen molar-refractivity contribution in [1.29, 1.82) is 0 Å². The van der Waals surface area contributed by atoms with Gasteiger partial charge in [0.2, 0.25) is 0 Å². The van der Waals surface area contributed by atoms with Crippen LogP contribution in [0.5, 0.6) is 0 Å². The minimum absolute atomic E-state index is 0. The second-order valence-corrected chi connectivity index (χ2v) is 0.933. The first kappa shape index (κ1) is 6.72. The number of rotatable bonds is 0. The van der Waals surface area contributed by atoms with E-state index in [1.54, 1.807) is 6.92 Å². The van der Waals surface area contributed by atoms with Gasteiger partial charge in [-0.15, -0.1) is 0 Å². The molecular weight excluding hydrogens is 131 g/mol. The maximum Gasteiger partial charge on any atom is 0.0687 e. The molecular formula is C3H3N2OV-. The molecule has 0 bridgehead atoms. The summed E-state index contributed by atoms with van der Waals surface area (Å²) in [6, 6.07) is 0. The second-order valence-electron chi connectivity index (χ2n) is 0.933. The summed E-state index contributed by atoms with van der Waals surface area (Å²) in [5.74, 6) is 0.620. The van der Waals surface area contributed by atoms with Gasteiger partial charge in [0.25, 0.3) is 0 Å². The van der Waals surface area contributed by atoms with E-state index in [0.717, 1.165) is 0 Å². The average Bonchev–Trinajstić information content (AvgIpc) is 1.86. The molecule has 0 aliphatic heterocycles. The molecule has 1 heterocycles. The Morgan fingerprint density at radius 1 is 1.71 bits per heavy atom. The predicted molar refractivity (Wildman–Crippen MR) is 17.9 cm³/mol. The zero-order valence-electron chi connectivity index (χ0n) is 3.75. The van der Waals surface area contributed by atoms with Gasteiger partial charge in [0, 0.05) is 24.4 Å². The third-order valence-electron chi connectivity index (χ3n) is 0.426. The molecule has 37 valence electrons. The second kappa shape index (κ2) is 2.83. The van der Waals surface area contributed by atoms with Crippen LogP contribution < -0.4 is 0 Å². The zero-order valence-corrected chi connectivity index (χ0v) is 5.15. The molecule has 0 aliphatic rings. The molecule has 0 aromatic carbocycles. The third-order valence-corrected chi connectivity index (χ3v) is 0.426. The molecule has 4 heteroatoms. The van der Waals surface area contributed by atoms with Gasteiger partial charge in [-0.3, -0.25) is 0 Å². The quantitative estimate of drug-likeness (QED) is 0.475. The standard InChI is InChI=1S/C3H3N2O.V/c1-3-4-2-6-5-3;/h1H3;/q-1;. The van der Waals surface area contributed by atoms with Crippen molar-refractivity contribution in [2.75, 3.05) is 0 Å². The molecule has 0 unspecified atom stereocenters. The minimum Gasteiger partial charge on any atom is -0.459 e.